The number of benzene rings is 1. The number of nitrogens with zero attached hydrogens (tertiary/aromatic N) is 2. The van der Waals surface area contributed by atoms with E-state index >= 15 is 0 Å². The molecule has 20 heavy (non-hydrogen) atoms. The van der Waals surface area contributed by atoms with Crippen LogP contribution in [0.1, 0.15) is 33.5 Å². The van der Waals surface area contributed by atoms with E-state index in [0.29, 0.717) is 23.9 Å². The van der Waals surface area contributed by atoms with E-state index in [1.165, 1.54) is 0 Å². The van der Waals surface area contributed by atoms with Gasteiger partial charge in [0.05, 0.1) is 17.4 Å². The number of aromatic amines is 1. The molecule has 0 bridgehead atoms. The molecule has 108 valence electrons. The lowest BCUT2D eigenvalue weighted by molar-refractivity contribution is 0.184. The summed E-state index contributed by atoms with van der Waals surface area (Å²) in [6.07, 6.45) is 0. The smallest absolute Gasteiger partial charge is 0.258 e. The third kappa shape index (κ3) is 3.45. The average molecular weight is 273 g/mol. The number of aromatic nitrogens is 2. The highest BCUT2D eigenvalue weighted by atomic mass is 16.1. The van der Waals surface area contributed by atoms with E-state index in [2.05, 4.69) is 42.6 Å². The van der Waals surface area contributed by atoms with Crippen LogP contribution in [0.5, 0.6) is 0 Å². The predicted molar refractivity (Wildman–Crippen MR) is 82.7 cm³/mol. The van der Waals surface area contributed by atoms with E-state index in [9.17, 15) is 4.79 Å². The Morgan fingerprint density at radius 1 is 1.20 bits per heavy atom. The second-order valence-electron chi connectivity index (χ2n) is 5.95. The van der Waals surface area contributed by atoms with Crippen LogP contribution < -0.4 is 5.56 Å². The molecular weight excluding hydrogens is 250 g/mol. The van der Waals surface area contributed by atoms with Crippen LogP contribution in [0.2, 0.25) is 0 Å². The average Bonchev–Trinajstić information content (AvgIpc) is 2.37. The Labute approximate surface area is 119 Å². The van der Waals surface area contributed by atoms with Crippen molar-refractivity contribution in [2.24, 2.45) is 5.92 Å². The first-order chi connectivity index (χ1) is 9.47. The summed E-state index contributed by atoms with van der Waals surface area (Å²) in [5, 5.41) is 0.649. The van der Waals surface area contributed by atoms with Crippen molar-refractivity contribution in [1.29, 1.82) is 0 Å². The second-order valence-corrected chi connectivity index (χ2v) is 5.95. The summed E-state index contributed by atoms with van der Waals surface area (Å²) >= 11 is 0. The summed E-state index contributed by atoms with van der Waals surface area (Å²) in [6.45, 7) is 10.4. The van der Waals surface area contributed by atoms with Crippen LogP contribution in [0.25, 0.3) is 10.9 Å². The zero-order chi connectivity index (χ0) is 14.7. The molecule has 1 aromatic carbocycles. The Bertz CT molecular complexity index is 631. The van der Waals surface area contributed by atoms with Crippen LogP contribution >= 0.6 is 0 Å². The van der Waals surface area contributed by atoms with Gasteiger partial charge >= 0.3 is 0 Å². The summed E-state index contributed by atoms with van der Waals surface area (Å²) in [6, 6.07) is 7.88. The molecule has 2 aromatic rings. The number of H-pyrrole nitrogens is 1. The number of fused-ring (bicyclic) bond motifs is 1. The minimum Gasteiger partial charge on any atom is -0.309 e. The Kier molecular flexibility index (Phi) is 4.55. The summed E-state index contributed by atoms with van der Waals surface area (Å²) < 4.78 is 0. The first kappa shape index (κ1) is 14.7. The van der Waals surface area contributed by atoms with Gasteiger partial charge in [-0.05, 0) is 31.9 Å². The molecule has 0 amide bonds. The van der Waals surface area contributed by atoms with Gasteiger partial charge in [0.15, 0.2) is 0 Å². The normalized spacial score (nSPS) is 11.9. The topological polar surface area (TPSA) is 49.0 Å². The van der Waals surface area contributed by atoms with Crippen LogP contribution in [-0.2, 0) is 6.54 Å². The fraction of sp³-hybridized carbons (Fsp3) is 0.500. The Hall–Kier alpha value is -1.68. The van der Waals surface area contributed by atoms with Crippen molar-refractivity contribution in [2.45, 2.75) is 40.3 Å². The molecule has 2 rings (SSSR count). The maximum atomic E-state index is 12.1. The Morgan fingerprint density at radius 2 is 1.90 bits per heavy atom. The number of nitrogens with one attached hydrogen (secondary N) is 1. The minimum absolute atomic E-state index is 0.0566. The largest absolute Gasteiger partial charge is 0.309 e. The molecule has 4 heteroatoms. The van der Waals surface area contributed by atoms with E-state index < -0.39 is 0 Å². The van der Waals surface area contributed by atoms with Crippen molar-refractivity contribution in [3.05, 3.63) is 40.4 Å². The number of hydrogen-bond acceptors (Lipinski definition) is 3. The predicted octanol–water partition coefficient (Wildman–Crippen LogP) is 2.79. The summed E-state index contributed by atoms with van der Waals surface area (Å²) in [4.78, 5) is 21.9. The summed E-state index contributed by atoms with van der Waals surface area (Å²) in [5.41, 5.74) is 0.707. The molecule has 0 aliphatic heterocycles. The van der Waals surface area contributed by atoms with Gasteiger partial charge in [-0.3, -0.25) is 9.69 Å². The van der Waals surface area contributed by atoms with Gasteiger partial charge in [-0.15, -0.1) is 0 Å². The van der Waals surface area contributed by atoms with Gasteiger partial charge < -0.3 is 4.98 Å². The van der Waals surface area contributed by atoms with Crippen LogP contribution in [-0.4, -0.2) is 27.5 Å². The van der Waals surface area contributed by atoms with E-state index in [1.807, 2.05) is 18.2 Å². The zero-order valence-corrected chi connectivity index (χ0v) is 12.7. The van der Waals surface area contributed by atoms with Crippen molar-refractivity contribution >= 4 is 10.9 Å². The fourth-order valence-electron chi connectivity index (χ4n) is 2.33. The molecule has 0 saturated carbocycles. The van der Waals surface area contributed by atoms with Crippen LogP contribution in [0.15, 0.2) is 29.1 Å². The van der Waals surface area contributed by atoms with Gasteiger partial charge in [0, 0.05) is 12.6 Å². The molecule has 0 spiro atoms. The fourth-order valence-corrected chi connectivity index (χ4v) is 2.33. The van der Waals surface area contributed by atoms with Gasteiger partial charge in [0.2, 0.25) is 0 Å². The highest BCUT2D eigenvalue weighted by Crippen LogP contribution is 2.10. The van der Waals surface area contributed by atoms with Gasteiger partial charge in [-0.1, -0.05) is 26.0 Å². The van der Waals surface area contributed by atoms with Crippen molar-refractivity contribution in [1.82, 2.24) is 14.9 Å². The first-order valence-corrected chi connectivity index (χ1v) is 7.19. The molecule has 0 radical (unpaired) electrons. The van der Waals surface area contributed by atoms with Crippen molar-refractivity contribution in [3.8, 4) is 0 Å². The zero-order valence-electron chi connectivity index (χ0n) is 12.7. The third-order valence-electron chi connectivity index (χ3n) is 3.34. The third-order valence-corrected chi connectivity index (χ3v) is 3.34. The highest BCUT2D eigenvalue weighted by molar-refractivity contribution is 5.77. The summed E-state index contributed by atoms with van der Waals surface area (Å²) in [7, 11) is 0. The first-order valence-electron chi connectivity index (χ1n) is 7.19. The number of para-hydroxylation sites is 1. The maximum Gasteiger partial charge on any atom is 0.258 e. The van der Waals surface area contributed by atoms with Gasteiger partial charge in [0.25, 0.3) is 5.56 Å². The molecule has 4 nitrogen and oxygen atoms in total. The van der Waals surface area contributed by atoms with Crippen LogP contribution in [0.3, 0.4) is 0 Å². The standard InChI is InChI=1S/C16H23N3O/c1-11(2)9-19(12(3)4)10-15-17-14-8-6-5-7-13(14)16(20)18-15/h5-8,11-12H,9-10H2,1-4H3,(H,17,18,20). The second kappa shape index (κ2) is 6.18. The molecule has 1 N–H and O–H groups in total. The molecule has 0 aliphatic rings. The maximum absolute atomic E-state index is 12.1. The molecule has 0 atom stereocenters. The number of rotatable bonds is 5. The van der Waals surface area contributed by atoms with E-state index in [4.69, 9.17) is 0 Å². The lowest BCUT2D eigenvalue weighted by Gasteiger charge is -2.27. The highest BCUT2D eigenvalue weighted by Gasteiger charge is 2.13. The SMILES string of the molecule is CC(C)CN(Cc1nc2ccccc2c(=O)[nH]1)C(C)C. The molecule has 1 heterocycles. The van der Waals surface area contributed by atoms with E-state index in [0.717, 1.165) is 17.9 Å². The van der Waals surface area contributed by atoms with E-state index in [1.54, 1.807) is 6.07 Å². The Balaban J connectivity index is 2.30. The quantitative estimate of drug-likeness (QED) is 0.911. The van der Waals surface area contributed by atoms with Gasteiger partial charge in [-0.2, -0.15) is 0 Å². The lowest BCUT2D eigenvalue weighted by Crippen LogP contribution is -2.34. The molecule has 0 unspecified atom stereocenters. The molecule has 0 aliphatic carbocycles. The molecule has 1 aromatic heterocycles. The van der Waals surface area contributed by atoms with Crippen molar-refractivity contribution in [3.63, 3.8) is 0 Å². The minimum atomic E-state index is -0.0566. The van der Waals surface area contributed by atoms with Crippen molar-refractivity contribution in [2.75, 3.05) is 6.54 Å². The summed E-state index contributed by atoms with van der Waals surface area (Å²) in [5.74, 6) is 1.33. The van der Waals surface area contributed by atoms with Crippen LogP contribution in [0.4, 0.5) is 0 Å². The molecule has 0 fully saturated rings. The molecular formula is C16H23N3O. The van der Waals surface area contributed by atoms with Gasteiger partial charge in [-0.25, -0.2) is 4.98 Å². The Morgan fingerprint density at radius 3 is 2.55 bits per heavy atom. The van der Waals surface area contributed by atoms with E-state index in [-0.39, 0.29) is 5.56 Å². The van der Waals surface area contributed by atoms with Gasteiger partial charge in [0.1, 0.15) is 5.82 Å². The van der Waals surface area contributed by atoms with Crippen molar-refractivity contribution < 1.29 is 0 Å². The number of hydrogen-bond donors (Lipinski definition) is 1. The molecule has 0 saturated heterocycles. The monoisotopic (exact) mass is 273 g/mol. The lowest BCUT2D eigenvalue weighted by atomic mass is 10.2. The van der Waals surface area contributed by atoms with Crippen LogP contribution in [0, 0.1) is 5.92 Å².